The lowest BCUT2D eigenvalue weighted by Gasteiger charge is -2.17. The first-order valence-electron chi connectivity index (χ1n) is 5.32. The molecular formula is C12H13F2N3. The summed E-state index contributed by atoms with van der Waals surface area (Å²) in [5.74, 6) is 0. The summed E-state index contributed by atoms with van der Waals surface area (Å²) in [6, 6.07) is 8.12. The molecule has 1 aromatic carbocycles. The summed E-state index contributed by atoms with van der Waals surface area (Å²) in [4.78, 5) is 0. The Morgan fingerprint density at radius 3 is 2.65 bits per heavy atom. The SMILES string of the molecule is CC(Nc1ccccc1-n1cccn1)C(F)F. The van der Waals surface area contributed by atoms with Gasteiger partial charge in [0.2, 0.25) is 0 Å². The van der Waals surface area contributed by atoms with Crippen molar-refractivity contribution in [3.63, 3.8) is 0 Å². The first-order valence-corrected chi connectivity index (χ1v) is 5.32. The van der Waals surface area contributed by atoms with Crippen LogP contribution in [0.5, 0.6) is 0 Å². The van der Waals surface area contributed by atoms with Crippen LogP contribution >= 0.6 is 0 Å². The van der Waals surface area contributed by atoms with Crippen LogP contribution in [0.25, 0.3) is 5.69 Å². The van der Waals surface area contributed by atoms with E-state index < -0.39 is 12.5 Å². The van der Waals surface area contributed by atoms with E-state index in [-0.39, 0.29) is 0 Å². The van der Waals surface area contributed by atoms with Crippen LogP contribution in [0.1, 0.15) is 6.92 Å². The minimum atomic E-state index is -2.40. The molecule has 0 fully saturated rings. The van der Waals surface area contributed by atoms with E-state index in [2.05, 4.69) is 10.4 Å². The monoisotopic (exact) mass is 237 g/mol. The Labute approximate surface area is 98.1 Å². The molecule has 3 nitrogen and oxygen atoms in total. The molecule has 2 rings (SSSR count). The van der Waals surface area contributed by atoms with Gasteiger partial charge >= 0.3 is 0 Å². The van der Waals surface area contributed by atoms with Crippen LogP contribution in [0.3, 0.4) is 0 Å². The largest absolute Gasteiger partial charge is 0.375 e. The number of nitrogens with zero attached hydrogens (tertiary/aromatic N) is 2. The van der Waals surface area contributed by atoms with Crippen LogP contribution in [0, 0.1) is 0 Å². The van der Waals surface area contributed by atoms with Crippen molar-refractivity contribution in [2.24, 2.45) is 0 Å². The Kier molecular flexibility index (Phi) is 3.37. The van der Waals surface area contributed by atoms with Gasteiger partial charge in [0.1, 0.15) is 0 Å². The van der Waals surface area contributed by atoms with Crippen LogP contribution in [-0.4, -0.2) is 22.2 Å². The molecule has 1 aromatic heterocycles. The minimum Gasteiger partial charge on any atom is -0.375 e. The van der Waals surface area contributed by atoms with Gasteiger partial charge in [0.05, 0.1) is 17.4 Å². The number of hydrogen-bond acceptors (Lipinski definition) is 2. The Bertz CT molecular complexity index is 468. The quantitative estimate of drug-likeness (QED) is 0.886. The topological polar surface area (TPSA) is 29.9 Å². The molecular weight excluding hydrogens is 224 g/mol. The highest BCUT2D eigenvalue weighted by Crippen LogP contribution is 2.21. The molecule has 1 atom stereocenters. The maximum absolute atomic E-state index is 12.5. The molecule has 0 saturated heterocycles. The van der Waals surface area contributed by atoms with E-state index in [4.69, 9.17) is 0 Å². The fourth-order valence-electron chi connectivity index (χ4n) is 1.52. The van der Waals surface area contributed by atoms with E-state index in [1.54, 1.807) is 35.3 Å². The summed E-state index contributed by atoms with van der Waals surface area (Å²) in [6.07, 6.45) is 1.02. The van der Waals surface area contributed by atoms with Crippen molar-refractivity contribution in [2.45, 2.75) is 19.4 Å². The predicted molar refractivity (Wildman–Crippen MR) is 62.7 cm³/mol. The van der Waals surface area contributed by atoms with Gasteiger partial charge in [-0.3, -0.25) is 0 Å². The molecule has 5 heteroatoms. The number of para-hydroxylation sites is 2. The summed E-state index contributed by atoms with van der Waals surface area (Å²) >= 11 is 0. The van der Waals surface area contributed by atoms with E-state index in [0.717, 1.165) is 5.69 Å². The van der Waals surface area contributed by atoms with Gasteiger partial charge in [-0.2, -0.15) is 5.10 Å². The van der Waals surface area contributed by atoms with Crippen LogP contribution in [0.2, 0.25) is 0 Å². The van der Waals surface area contributed by atoms with Gasteiger partial charge in [0.15, 0.2) is 0 Å². The summed E-state index contributed by atoms with van der Waals surface area (Å²) in [7, 11) is 0. The molecule has 0 saturated carbocycles. The lowest BCUT2D eigenvalue weighted by molar-refractivity contribution is 0.130. The predicted octanol–water partition coefficient (Wildman–Crippen LogP) is 2.94. The van der Waals surface area contributed by atoms with Gasteiger partial charge in [-0.15, -0.1) is 0 Å². The Hall–Kier alpha value is -1.91. The van der Waals surface area contributed by atoms with Crippen molar-refractivity contribution in [3.05, 3.63) is 42.7 Å². The molecule has 0 amide bonds. The van der Waals surface area contributed by atoms with Crippen molar-refractivity contribution in [2.75, 3.05) is 5.32 Å². The molecule has 0 radical (unpaired) electrons. The van der Waals surface area contributed by atoms with Crippen LogP contribution < -0.4 is 5.32 Å². The second-order valence-corrected chi connectivity index (χ2v) is 3.74. The number of nitrogens with one attached hydrogen (secondary N) is 1. The first-order chi connectivity index (χ1) is 8.18. The van der Waals surface area contributed by atoms with E-state index in [9.17, 15) is 8.78 Å². The highest BCUT2D eigenvalue weighted by molar-refractivity contribution is 5.61. The lowest BCUT2D eigenvalue weighted by Crippen LogP contribution is -2.24. The number of benzene rings is 1. The molecule has 0 bridgehead atoms. The minimum absolute atomic E-state index is 0.643. The number of anilines is 1. The maximum atomic E-state index is 12.5. The summed E-state index contributed by atoms with van der Waals surface area (Å²) in [5, 5.41) is 6.88. The van der Waals surface area contributed by atoms with E-state index in [1.165, 1.54) is 6.92 Å². The van der Waals surface area contributed by atoms with Gasteiger partial charge in [-0.05, 0) is 25.1 Å². The van der Waals surface area contributed by atoms with Gasteiger partial charge in [0, 0.05) is 12.4 Å². The molecule has 1 heterocycles. The Balaban J connectivity index is 2.29. The summed E-state index contributed by atoms with van der Waals surface area (Å²) < 4.78 is 26.6. The molecule has 17 heavy (non-hydrogen) atoms. The third-order valence-electron chi connectivity index (χ3n) is 2.42. The average molecular weight is 237 g/mol. The second kappa shape index (κ2) is 4.95. The third kappa shape index (κ3) is 2.61. The zero-order valence-corrected chi connectivity index (χ0v) is 9.35. The van der Waals surface area contributed by atoms with Crippen molar-refractivity contribution < 1.29 is 8.78 Å². The number of aromatic nitrogens is 2. The standard InChI is InChI=1S/C12H13F2N3/c1-9(12(13)14)16-10-5-2-3-6-11(10)17-8-4-7-15-17/h2-9,12,16H,1H3. The van der Waals surface area contributed by atoms with Gasteiger partial charge in [0.25, 0.3) is 6.43 Å². The number of halogens is 2. The van der Waals surface area contributed by atoms with Crippen molar-refractivity contribution in [1.82, 2.24) is 9.78 Å². The highest BCUT2D eigenvalue weighted by Gasteiger charge is 2.15. The molecule has 0 aliphatic carbocycles. The number of alkyl halides is 2. The van der Waals surface area contributed by atoms with Crippen LogP contribution in [-0.2, 0) is 0 Å². The van der Waals surface area contributed by atoms with Gasteiger partial charge < -0.3 is 5.32 Å². The van der Waals surface area contributed by atoms with E-state index >= 15 is 0 Å². The fraction of sp³-hybridized carbons (Fsp3) is 0.250. The Morgan fingerprint density at radius 1 is 1.24 bits per heavy atom. The Morgan fingerprint density at radius 2 is 2.00 bits per heavy atom. The first kappa shape index (κ1) is 11.6. The highest BCUT2D eigenvalue weighted by atomic mass is 19.3. The third-order valence-corrected chi connectivity index (χ3v) is 2.42. The molecule has 0 aliphatic heterocycles. The molecule has 2 aromatic rings. The molecule has 0 spiro atoms. The van der Waals surface area contributed by atoms with E-state index in [1.807, 2.05) is 12.1 Å². The van der Waals surface area contributed by atoms with Crippen molar-refractivity contribution in [3.8, 4) is 5.69 Å². The van der Waals surface area contributed by atoms with Gasteiger partial charge in [-0.25, -0.2) is 13.5 Å². The fourth-order valence-corrected chi connectivity index (χ4v) is 1.52. The zero-order valence-electron chi connectivity index (χ0n) is 9.35. The summed E-state index contributed by atoms with van der Waals surface area (Å²) in [6.45, 7) is 1.45. The summed E-state index contributed by atoms with van der Waals surface area (Å²) in [5.41, 5.74) is 1.40. The number of rotatable bonds is 4. The van der Waals surface area contributed by atoms with Crippen molar-refractivity contribution in [1.29, 1.82) is 0 Å². The molecule has 1 N–H and O–H groups in total. The normalized spacial score (nSPS) is 12.7. The maximum Gasteiger partial charge on any atom is 0.258 e. The van der Waals surface area contributed by atoms with Crippen LogP contribution in [0.4, 0.5) is 14.5 Å². The van der Waals surface area contributed by atoms with E-state index in [0.29, 0.717) is 5.69 Å². The van der Waals surface area contributed by atoms with Crippen molar-refractivity contribution >= 4 is 5.69 Å². The lowest BCUT2D eigenvalue weighted by atomic mass is 10.2. The average Bonchev–Trinajstić information content (AvgIpc) is 2.83. The molecule has 1 unspecified atom stereocenters. The smallest absolute Gasteiger partial charge is 0.258 e. The van der Waals surface area contributed by atoms with Crippen LogP contribution in [0.15, 0.2) is 42.7 Å². The molecule has 0 aliphatic rings. The zero-order chi connectivity index (χ0) is 12.3. The second-order valence-electron chi connectivity index (χ2n) is 3.74. The van der Waals surface area contributed by atoms with Gasteiger partial charge in [-0.1, -0.05) is 12.1 Å². The molecule has 90 valence electrons. The number of hydrogen-bond donors (Lipinski definition) is 1.